The molecule has 2 heterocycles. The second kappa shape index (κ2) is 7.70. The minimum Gasteiger partial charge on any atom is -0.504 e. The first-order chi connectivity index (χ1) is 13.3. The van der Waals surface area contributed by atoms with Crippen LogP contribution in [0.3, 0.4) is 0 Å². The van der Waals surface area contributed by atoms with Crippen LogP contribution < -0.4 is 15.0 Å². The fourth-order valence-electron chi connectivity index (χ4n) is 3.49. The molecular weight excluding hydrogens is 340 g/mol. The SMILES string of the molecule is COc1cccc(CNc2nc3ccccc3nc2N2CCCCC2)c1O. The van der Waals surface area contributed by atoms with E-state index >= 15 is 0 Å². The van der Waals surface area contributed by atoms with E-state index in [1.165, 1.54) is 19.3 Å². The number of piperidine rings is 1. The molecule has 0 aliphatic carbocycles. The molecule has 0 atom stereocenters. The number of nitrogens with one attached hydrogen (secondary N) is 1. The predicted molar refractivity (Wildman–Crippen MR) is 108 cm³/mol. The van der Waals surface area contributed by atoms with E-state index < -0.39 is 0 Å². The predicted octanol–water partition coefficient (Wildman–Crippen LogP) is 3.95. The zero-order chi connectivity index (χ0) is 18.6. The maximum atomic E-state index is 10.3. The smallest absolute Gasteiger partial charge is 0.172 e. The molecule has 0 saturated carbocycles. The molecule has 2 N–H and O–H groups in total. The van der Waals surface area contributed by atoms with E-state index in [1.807, 2.05) is 36.4 Å². The van der Waals surface area contributed by atoms with Gasteiger partial charge in [-0.05, 0) is 37.5 Å². The highest BCUT2D eigenvalue weighted by molar-refractivity contribution is 5.80. The van der Waals surface area contributed by atoms with Crippen LogP contribution in [0.5, 0.6) is 11.5 Å². The van der Waals surface area contributed by atoms with Gasteiger partial charge in [0.2, 0.25) is 0 Å². The molecule has 1 aliphatic rings. The number of nitrogens with zero attached hydrogens (tertiary/aromatic N) is 3. The Labute approximate surface area is 158 Å². The lowest BCUT2D eigenvalue weighted by Crippen LogP contribution is -2.31. The van der Waals surface area contributed by atoms with Crippen molar-refractivity contribution in [3.05, 3.63) is 48.0 Å². The van der Waals surface area contributed by atoms with Crippen LogP contribution in [0.15, 0.2) is 42.5 Å². The van der Waals surface area contributed by atoms with Crippen LogP contribution in [0.4, 0.5) is 11.6 Å². The van der Waals surface area contributed by atoms with Crippen LogP contribution in [-0.4, -0.2) is 35.3 Å². The molecule has 1 aromatic heterocycles. The van der Waals surface area contributed by atoms with Gasteiger partial charge in [0.15, 0.2) is 23.1 Å². The van der Waals surface area contributed by atoms with Gasteiger partial charge in [-0.15, -0.1) is 0 Å². The number of phenolic OH excluding ortho intramolecular Hbond substituents is 1. The Kier molecular flexibility index (Phi) is 4.96. The fourth-order valence-corrected chi connectivity index (χ4v) is 3.49. The van der Waals surface area contributed by atoms with Gasteiger partial charge in [-0.3, -0.25) is 0 Å². The van der Waals surface area contributed by atoms with Crippen molar-refractivity contribution in [2.24, 2.45) is 0 Å². The van der Waals surface area contributed by atoms with Gasteiger partial charge in [0.05, 0.1) is 18.1 Å². The number of hydrogen-bond donors (Lipinski definition) is 2. The largest absolute Gasteiger partial charge is 0.504 e. The summed E-state index contributed by atoms with van der Waals surface area (Å²) in [5, 5.41) is 13.7. The lowest BCUT2D eigenvalue weighted by atomic mass is 10.1. The third-order valence-corrected chi connectivity index (χ3v) is 4.96. The van der Waals surface area contributed by atoms with Crippen molar-refractivity contribution in [1.29, 1.82) is 0 Å². The third-order valence-electron chi connectivity index (χ3n) is 4.96. The van der Waals surface area contributed by atoms with Crippen molar-refractivity contribution in [3.8, 4) is 11.5 Å². The highest BCUT2D eigenvalue weighted by Crippen LogP contribution is 2.32. The molecule has 27 heavy (non-hydrogen) atoms. The van der Waals surface area contributed by atoms with E-state index in [0.717, 1.165) is 41.3 Å². The van der Waals surface area contributed by atoms with E-state index in [4.69, 9.17) is 14.7 Å². The Bertz CT molecular complexity index is 939. The zero-order valence-corrected chi connectivity index (χ0v) is 15.5. The first kappa shape index (κ1) is 17.4. The van der Waals surface area contributed by atoms with E-state index in [1.54, 1.807) is 13.2 Å². The number of aromatic nitrogens is 2. The minimum atomic E-state index is 0.153. The van der Waals surface area contributed by atoms with E-state index in [2.05, 4.69) is 10.2 Å². The van der Waals surface area contributed by atoms with E-state index in [9.17, 15) is 5.11 Å². The number of aromatic hydroxyl groups is 1. The normalized spacial score (nSPS) is 14.3. The summed E-state index contributed by atoms with van der Waals surface area (Å²) in [6, 6.07) is 13.4. The molecule has 0 unspecified atom stereocenters. The van der Waals surface area contributed by atoms with E-state index in [0.29, 0.717) is 12.3 Å². The molecule has 0 spiro atoms. The van der Waals surface area contributed by atoms with Crippen molar-refractivity contribution in [3.63, 3.8) is 0 Å². The van der Waals surface area contributed by atoms with Gasteiger partial charge in [0.25, 0.3) is 0 Å². The van der Waals surface area contributed by atoms with Gasteiger partial charge < -0.3 is 20.1 Å². The molecule has 1 saturated heterocycles. The van der Waals surface area contributed by atoms with Crippen molar-refractivity contribution in [2.45, 2.75) is 25.8 Å². The number of rotatable bonds is 5. The quantitative estimate of drug-likeness (QED) is 0.714. The van der Waals surface area contributed by atoms with Crippen LogP contribution in [0, 0.1) is 0 Å². The average molecular weight is 364 g/mol. The molecule has 6 heteroatoms. The molecule has 140 valence electrons. The second-order valence-corrected chi connectivity index (χ2v) is 6.75. The highest BCUT2D eigenvalue weighted by atomic mass is 16.5. The summed E-state index contributed by atoms with van der Waals surface area (Å²) in [6.45, 7) is 2.43. The summed E-state index contributed by atoms with van der Waals surface area (Å²) in [7, 11) is 1.55. The Morgan fingerprint density at radius 1 is 1.00 bits per heavy atom. The number of para-hydroxylation sites is 3. The van der Waals surface area contributed by atoms with Crippen molar-refractivity contribution < 1.29 is 9.84 Å². The number of ether oxygens (including phenoxy) is 1. The van der Waals surface area contributed by atoms with Crippen LogP contribution in [0.2, 0.25) is 0 Å². The van der Waals surface area contributed by atoms with Gasteiger partial charge >= 0.3 is 0 Å². The van der Waals surface area contributed by atoms with Crippen molar-refractivity contribution >= 4 is 22.7 Å². The summed E-state index contributed by atoms with van der Waals surface area (Å²) in [6.07, 6.45) is 3.60. The monoisotopic (exact) mass is 364 g/mol. The Balaban J connectivity index is 1.67. The Morgan fingerprint density at radius 3 is 2.48 bits per heavy atom. The van der Waals surface area contributed by atoms with Gasteiger partial charge in [-0.25, -0.2) is 9.97 Å². The maximum absolute atomic E-state index is 10.3. The lowest BCUT2D eigenvalue weighted by Gasteiger charge is -2.29. The number of methoxy groups -OCH3 is 1. The summed E-state index contributed by atoms with van der Waals surface area (Å²) in [5.41, 5.74) is 2.51. The maximum Gasteiger partial charge on any atom is 0.172 e. The number of benzene rings is 2. The van der Waals surface area contributed by atoms with Gasteiger partial charge in [0, 0.05) is 25.2 Å². The first-order valence-corrected chi connectivity index (χ1v) is 9.36. The van der Waals surface area contributed by atoms with Gasteiger partial charge in [0.1, 0.15) is 0 Å². The van der Waals surface area contributed by atoms with Crippen LogP contribution in [0.25, 0.3) is 11.0 Å². The van der Waals surface area contributed by atoms with Crippen LogP contribution >= 0.6 is 0 Å². The molecule has 1 fully saturated rings. The van der Waals surface area contributed by atoms with Crippen LogP contribution in [-0.2, 0) is 6.54 Å². The molecule has 1 aliphatic heterocycles. The van der Waals surface area contributed by atoms with Crippen LogP contribution in [0.1, 0.15) is 24.8 Å². The highest BCUT2D eigenvalue weighted by Gasteiger charge is 2.18. The number of anilines is 2. The van der Waals surface area contributed by atoms with E-state index in [-0.39, 0.29) is 5.75 Å². The number of fused-ring (bicyclic) bond motifs is 1. The first-order valence-electron chi connectivity index (χ1n) is 9.36. The summed E-state index contributed by atoms with van der Waals surface area (Å²) >= 11 is 0. The number of hydrogen-bond acceptors (Lipinski definition) is 6. The Hall–Kier alpha value is -3.02. The fraction of sp³-hybridized carbons (Fsp3) is 0.333. The molecule has 0 radical (unpaired) electrons. The molecule has 4 rings (SSSR count). The van der Waals surface area contributed by atoms with Crippen molar-refractivity contribution in [2.75, 3.05) is 30.4 Å². The molecule has 6 nitrogen and oxygen atoms in total. The molecular formula is C21H24N4O2. The number of phenols is 1. The standard InChI is InChI=1S/C21H24N4O2/c1-27-18-11-7-8-15(19(18)26)14-22-20-21(25-12-5-2-6-13-25)24-17-10-4-3-9-16(17)23-20/h3-4,7-11,26H,2,5-6,12-14H2,1H3,(H,22,23). The summed E-state index contributed by atoms with van der Waals surface area (Å²) in [4.78, 5) is 12.0. The molecule has 0 amide bonds. The third kappa shape index (κ3) is 3.60. The van der Waals surface area contributed by atoms with Crippen molar-refractivity contribution in [1.82, 2.24) is 9.97 Å². The topological polar surface area (TPSA) is 70.5 Å². The molecule has 2 aromatic carbocycles. The van der Waals surface area contributed by atoms with Gasteiger partial charge in [-0.2, -0.15) is 0 Å². The van der Waals surface area contributed by atoms with Gasteiger partial charge in [-0.1, -0.05) is 24.3 Å². The average Bonchev–Trinajstić information content (AvgIpc) is 2.73. The second-order valence-electron chi connectivity index (χ2n) is 6.75. The lowest BCUT2D eigenvalue weighted by molar-refractivity contribution is 0.371. The summed E-state index contributed by atoms with van der Waals surface area (Å²) in [5.74, 6) is 2.25. The minimum absolute atomic E-state index is 0.153. The molecule has 3 aromatic rings. The Morgan fingerprint density at radius 2 is 1.74 bits per heavy atom. The zero-order valence-electron chi connectivity index (χ0n) is 15.5. The molecule has 0 bridgehead atoms. The summed E-state index contributed by atoms with van der Waals surface area (Å²) < 4.78 is 5.20.